The van der Waals surface area contributed by atoms with Crippen LogP contribution in [0.5, 0.6) is 5.75 Å². The molecular formula is C25H38N4O5S. The number of hydrogen-bond acceptors (Lipinski definition) is 6. The van der Waals surface area contributed by atoms with Gasteiger partial charge in [0.25, 0.3) is 5.91 Å². The van der Waals surface area contributed by atoms with E-state index in [1.54, 1.807) is 6.07 Å². The van der Waals surface area contributed by atoms with E-state index in [4.69, 9.17) is 4.74 Å². The third-order valence-electron chi connectivity index (χ3n) is 7.27. The van der Waals surface area contributed by atoms with Crippen molar-refractivity contribution in [1.29, 1.82) is 0 Å². The molecule has 0 aliphatic carbocycles. The number of piperidine rings is 2. The van der Waals surface area contributed by atoms with Crippen LogP contribution in [-0.4, -0.2) is 81.9 Å². The van der Waals surface area contributed by atoms with E-state index in [9.17, 15) is 18.0 Å². The van der Waals surface area contributed by atoms with Gasteiger partial charge in [0, 0.05) is 26.2 Å². The number of amides is 2. The molecule has 35 heavy (non-hydrogen) atoms. The highest BCUT2D eigenvalue weighted by Crippen LogP contribution is 2.35. The summed E-state index contributed by atoms with van der Waals surface area (Å²) in [6.45, 7) is 8.73. The zero-order valence-electron chi connectivity index (χ0n) is 20.9. The zero-order chi connectivity index (χ0) is 25.0. The summed E-state index contributed by atoms with van der Waals surface area (Å²) in [4.78, 5) is 29.1. The maximum Gasteiger partial charge on any atom is 0.265 e. The van der Waals surface area contributed by atoms with E-state index >= 15 is 0 Å². The zero-order valence-corrected chi connectivity index (χ0v) is 21.7. The molecule has 1 aromatic carbocycles. The van der Waals surface area contributed by atoms with Crippen LogP contribution in [0.4, 0.5) is 5.69 Å². The average Bonchev–Trinajstić information content (AvgIpc) is 2.83. The number of nitrogens with one attached hydrogen (secondary N) is 1. The summed E-state index contributed by atoms with van der Waals surface area (Å²) in [5.41, 5.74) is 0.324. The average molecular weight is 507 g/mol. The second kappa shape index (κ2) is 11.3. The number of anilines is 1. The Bertz CT molecular complexity index is 1020. The monoisotopic (exact) mass is 506 g/mol. The summed E-state index contributed by atoms with van der Waals surface area (Å²) in [5, 5.41) is 2.91. The molecule has 1 atom stereocenters. The van der Waals surface area contributed by atoms with E-state index < -0.39 is 10.0 Å². The topological polar surface area (TPSA) is 99.3 Å². The molecule has 0 spiro atoms. The second-order valence-electron chi connectivity index (χ2n) is 10.2. The number of carbonyl (C=O) groups is 2. The molecule has 0 bridgehead atoms. The first-order valence-electron chi connectivity index (χ1n) is 12.8. The molecule has 2 saturated heterocycles. The number of carbonyl (C=O) groups excluding carboxylic acids is 2. The Morgan fingerprint density at radius 2 is 1.89 bits per heavy atom. The SMILES string of the molecule is CC1CCN(S(=O)(=O)c2ccc3c(c2)N(CC(=O)NCCCN2CCC[C@@H](C)C2)C(=O)CO3)CC1. The van der Waals surface area contributed by atoms with Gasteiger partial charge in [-0.1, -0.05) is 13.8 Å². The summed E-state index contributed by atoms with van der Waals surface area (Å²) >= 11 is 0. The van der Waals surface area contributed by atoms with Crippen LogP contribution in [0.1, 0.15) is 46.0 Å². The molecule has 1 aromatic rings. The molecule has 3 aliphatic rings. The van der Waals surface area contributed by atoms with Gasteiger partial charge in [0.15, 0.2) is 6.61 Å². The lowest BCUT2D eigenvalue weighted by molar-refractivity contribution is -0.125. The van der Waals surface area contributed by atoms with Crippen molar-refractivity contribution in [1.82, 2.24) is 14.5 Å². The molecule has 0 radical (unpaired) electrons. The Morgan fingerprint density at radius 3 is 2.63 bits per heavy atom. The van der Waals surface area contributed by atoms with Gasteiger partial charge in [-0.05, 0) is 75.2 Å². The van der Waals surface area contributed by atoms with Gasteiger partial charge in [-0.25, -0.2) is 8.42 Å². The van der Waals surface area contributed by atoms with Crippen molar-refractivity contribution in [3.8, 4) is 5.75 Å². The Labute approximate surface area is 208 Å². The van der Waals surface area contributed by atoms with Gasteiger partial charge in [0.2, 0.25) is 15.9 Å². The highest BCUT2D eigenvalue weighted by molar-refractivity contribution is 7.89. The molecule has 10 heteroatoms. The lowest BCUT2D eigenvalue weighted by Crippen LogP contribution is -2.45. The Morgan fingerprint density at radius 1 is 1.11 bits per heavy atom. The van der Waals surface area contributed by atoms with E-state index in [0.29, 0.717) is 37.0 Å². The summed E-state index contributed by atoms with van der Waals surface area (Å²) in [6.07, 6.45) is 5.01. The highest BCUT2D eigenvalue weighted by atomic mass is 32.2. The minimum absolute atomic E-state index is 0.116. The van der Waals surface area contributed by atoms with Crippen molar-refractivity contribution in [3.63, 3.8) is 0 Å². The van der Waals surface area contributed by atoms with Crippen molar-refractivity contribution in [2.24, 2.45) is 11.8 Å². The first kappa shape index (κ1) is 25.9. The number of fused-ring (bicyclic) bond motifs is 1. The maximum atomic E-state index is 13.2. The van der Waals surface area contributed by atoms with Crippen molar-refractivity contribution in [3.05, 3.63) is 18.2 Å². The van der Waals surface area contributed by atoms with Gasteiger partial charge in [0.05, 0.1) is 10.6 Å². The number of likely N-dealkylation sites (tertiary alicyclic amines) is 1. The van der Waals surface area contributed by atoms with Crippen LogP contribution < -0.4 is 15.0 Å². The third-order valence-corrected chi connectivity index (χ3v) is 9.16. The summed E-state index contributed by atoms with van der Waals surface area (Å²) in [5.74, 6) is 1.00. The van der Waals surface area contributed by atoms with Gasteiger partial charge < -0.3 is 15.0 Å². The molecule has 2 amide bonds. The normalized spacial score (nSPS) is 22.5. The fourth-order valence-corrected chi connectivity index (χ4v) is 6.60. The minimum Gasteiger partial charge on any atom is -0.482 e. The van der Waals surface area contributed by atoms with Gasteiger partial charge in [-0.3, -0.25) is 14.5 Å². The van der Waals surface area contributed by atoms with Gasteiger partial charge in [-0.2, -0.15) is 4.31 Å². The first-order valence-corrected chi connectivity index (χ1v) is 14.2. The quantitative estimate of drug-likeness (QED) is 0.542. The predicted molar refractivity (Wildman–Crippen MR) is 134 cm³/mol. The van der Waals surface area contributed by atoms with E-state index in [-0.39, 0.29) is 29.9 Å². The van der Waals surface area contributed by atoms with Crippen LogP contribution >= 0.6 is 0 Å². The number of rotatable bonds is 8. The molecule has 2 fully saturated rings. The molecule has 9 nitrogen and oxygen atoms in total. The summed E-state index contributed by atoms with van der Waals surface area (Å²) in [7, 11) is -3.69. The second-order valence-corrected chi connectivity index (χ2v) is 12.2. The van der Waals surface area contributed by atoms with Crippen LogP contribution in [0.3, 0.4) is 0 Å². The fraction of sp³-hybridized carbons (Fsp3) is 0.680. The molecule has 194 valence electrons. The predicted octanol–water partition coefficient (Wildman–Crippen LogP) is 2.07. The summed E-state index contributed by atoms with van der Waals surface area (Å²) < 4.78 is 33.4. The first-order chi connectivity index (χ1) is 16.7. The number of benzene rings is 1. The van der Waals surface area contributed by atoms with Crippen LogP contribution in [0.2, 0.25) is 0 Å². The molecule has 4 rings (SSSR count). The summed E-state index contributed by atoms with van der Waals surface area (Å²) in [6, 6.07) is 4.55. The minimum atomic E-state index is -3.69. The van der Waals surface area contributed by atoms with E-state index in [0.717, 1.165) is 44.8 Å². The molecule has 1 N–H and O–H groups in total. The molecule has 0 aromatic heterocycles. The number of nitrogens with zero attached hydrogens (tertiary/aromatic N) is 3. The van der Waals surface area contributed by atoms with Crippen LogP contribution in [0.25, 0.3) is 0 Å². The smallest absolute Gasteiger partial charge is 0.265 e. The van der Waals surface area contributed by atoms with Crippen LogP contribution in [0.15, 0.2) is 23.1 Å². The molecule has 3 aliphatic heterocycles. The van der Waals surface area contributed by atoms with E-state index in [1.807, 2.05) is 0 Å². The van der Waals surface area contributed by atoms with Crippen molar-refractivity contribution in [2.75, 3.05) is 57.3 Å². The van der Waals surface area contributed by atoms with E-state index in [2.05, 4.69) is 24.1 Å². The molecule has 3 heterocycles. The lowest BCUT2D eigenvalue weighted by atomic mass is 10.0. The Balaban J connectivity index is 1.37. The number of sulfonamides is 1. The van der Waals surface area contributed by atoms with Crippen molar-refractivity contribution < 1.29 is 22.7 Å². The number of ether oxygens (including phenoxy) is 1. The van der Waals surface area contributed by atoms with E-state index in [1.165, 1.54) is 34.2 Å². The number of hydrogen-bond donors (Lipinski definition) is 1. The van der Waals surface area contributed by atoms with Gasteiger partial charge in [0.1, 0.15) is 12.3 Å². The Kier molecular flexibility index (Phi) is 8.34. The fourth-order valence-electron chi connectivity index (χ4n) is 5.11. The molecule has 0 saturated carbocycles. The van der Waals surface area contributed by atoms with Gasteiger partial charge >= 0.3 is 0 Å². The Hall–Kier alpha value is -2.17. The standard InChI is InChI=1S/C25H38N4O5S/c1-19-8-13-28(14-9-19)35(32,33)21-6-7-23-22(15-21)29(25(31)18-34-23)17-24(30)26-10-4-12-27-11-3-5-20(2)16-27/h6-7,15,19-20H,3-5,8-14,16-18H2,1-2H3,(H,26,30)/t20-/m1/s1. The lowest BCUT2D eigenvalue weighted by Gasteiger charge is -2.32. The molecular weight excluding hydrogens is 468 g/mol. The largest absolute Gasteiger partial charge is 0.482 e. The van der Waals surface area contributed by atoms with Crippen molar-refractivity contribution in [2.45, 2.75) is 50.8 Å². The van der Waals surface area contributed by atoms with Crippen LogP contribution in [-0.2, 0) is 19.6 Å². The molecule has 0 unspecified atom stereocenters. The van der Waals surface area contributed by atoms with Crippen LogP contribution in [0, 0.1) is 11.8 Å². The maximum absolute atomic E-state index is 13.2. The highest BCUT2D eigenvalue weighted by Gasteiger charge is 2.32. The third kappa shape index (κ3) is 6.34. The van der Waals surface area contributed by atoms with Crippen molar-refractivity contribution >= 4 is 27.5 Å². The van der Waals surface area contributed by atoms with Gasteiger partial charge in [-0.15, -0.1) is 0 Å².